The Hall–Kier alpha value is -2.37. The van der Waals surface area contributed by atoms with Gasteiger partial charge in [0.25, 0.3) is 5.91 Å². The molecule has 0 aliphatic rings. The van der Waals surface area contributed by atoms with E-state index < -0.39 is 11.7 Å². The molecule has 1 amide bonds. The van der Waals surface area contributed by atoms with E-state index in [0.717, 1.165) is 0 Å². The lowest BCUT2D eigenvalue weighted by atomic mass is 10.2. The molecule has 18 heavy (non-hydrogen) atoms. The fourth-order valence-electron chi connectivity index (χ4n) is 1.59. The Morgan fingerprint density at radius 2 is 2.11 bits per heavy atom. The topological polar surface area (TPSA) is 75.0 Å². The lowest BCUT2D eigenvalue weighted by molar-refractivity contribution is 0.0988. The van der Waals surface area contributed by atoms with Crippen LogP contribution in [-0.2, 0) is 0 Å². The van der Waals surface area contributed by atoms with Crippen LogP contribution in [0.3, 0.4) is 0 Å². The van der Waals surface area contributed by atoms with Crippen molar-refractivity contribution in [3.8, 4) is 0 Å². The molecule has 0 saturated carbocycles. The predicted octanol–water partition coefficient (Wildman–Crippen LogP) is 1.72. The number of aryl methyl sites for hydroxylation is 1. The van der Waals surface area contributed by atoms with E-state index in [2.05, 4.69) is 10.2 Å². The average molecular weight is 248 g/mol. The third kappa shape index (κ3) is 1.92. The first kappa shape index (κ1) is 12.1. The molecule has 0 bridgehead atoms. The number of aromatic nitrogens is 2. The molecule has 94 valence electrons. The number of anilines is 2. The normalized spacial score (nSPS) is 10.4. The molecule has 0 radical (unpaired) electrons. The van der Waals surface area contributed by atoms with Crippen LogP contribution in [0.15, 0.2) is 24.3 Å². The quantitative estimate of drug-likeness (QED) is 0.849. The fourth-order valence-corrected chi connectivity index (χ4v) is 1.59. The molecule has 1 heterocycles. The monoisotopic (exact) mass is 248 g/mol. The molecular weight excluding hydrogens is 235 g/mol. The lowest BCUT2D eigenvalue weighted by Gasteiger charge is -2.16. The van der Waals surface area contributed by atoms with E-state index in [0.29, 0.717) is 5.69 Å². The molecule has 0 unspecified atom stereocenters. The number of nitrogen functional groups attached to an aromatic ring is 1. The molecule has 0 saturated heterocycles. The summed E-state index contributed by atoms with van der Waals surface area (Å²) in [5, 5.41) is 6.45. The number of nitrogens with zero attached hydrogens (tertiary/aromatic N) is 2. The first-order valence-electron chi connectivity index (χ1n) is 5.35. The standard InChI is InChI=1S/C12H13FN4O/c1-7-10(14)11(16-15-7)12(18)17(2)9-6-4-3-5-8(9)13/h3-6H,14H2,1-2H3,(H,15,16). The first-order chi connectivity index (χ1) is 8.52. The van der Waals surface area contributed by atoms with Gasteiger partial charge in [-0.15, -0.1) is 0 Å². The van der Waals surface area contributed by atoms with E-state index in [1.807, 2.05) is 0 Å². The van der Waals surface area contributed by atoms with Crippen molar-refractivity contribution in [1.29, 1.82) is 0 Å². The van der Waals surface area contributed by atoms with Crippen LogP contribution in [-0.4, -0.2) is 23.2 Å². The second-order valence-electron chi connectivity index (χ2n) is 3.93. The zero-order valence-corrected chi connectivity index (χ0v) is 10.1. The van der Waals surface area contributed by atoms with Crippen molar-refractivity contribution in [3.63, 3.8) is 0 Å². The number of hydrogen-bond donors (Lipinski definition) is 2. The Morgan fingerprint density at radius 1 is 1.44 bits per heavy atom. The molecule has 0 atom stereocenters. The minimum Gasteiger partial charge on any atom is -0.395 e. The Balaban J connectivity index is 2.35. The van der Waals surface area contributed by atoms with Crippen LogP contribution in [0.4, 0.5) is 15.8 Å². The zero-order chi connectivity index (χ0) is 13.3. The molecule has 0 fully saturated rings. The summed E-state index contributed by atoms with van der Waals surface area (Å²) in [6, 6.07) is 6.02. The maximum Gasteiger partial charge on any atom is 0.280 e. The van der Waals surface area contributed by atoms with Gasteiger partial charge in [0.1, 0.15) is 5.82 Å². The highest BCUT2D eigenvalue weighted by molar-refractivity contribution is 6.07. The average Bonchev–Trinajstić information content (AvgIpc) is 2.69. The maximum absolute atomic E-state index is 13.6. The van der Waals surface area contributed by atoms with E-state index in [-0.39, 0.29) is 17.1 Å². The van der Waals surface area contributed by atoms with Crippen molar-refractivity contribution in [1.82, 2.24) is 10.2 Å². The number of amides is 1. The molecule has 0 aliphatic heterocycles. The largest absolute Gasteiger partial charge is 0.395 e. The van der Waals surface area contributed by atoms with Crippen LogP contribution < -0.4 is 10.6 Å². The summed E-state index contributed by atoms with van der Waals surface area (Å²) in [6.07, 6.45) is 0. The fraction of sp³-hybridized carbons (Fsp3) is 0.167. The Morgan fingerprint density at radius 3 is 2.67 bits per heavy atom. The number of nitrogens with two attached hydrogens (primary N) is 1. The molecule has 0 spiro atoms. The highest BCUT2D eigenvalue weighted by Gasteiger charge is 2.21. The summed E-state index contributed by atoms with van der Waals surface area (Å²) < 4.78 is 13.6. The van der Waals surface area contributed by atoms with Gasteiger partial charge in [0.05, 0.1) is 17.1 Å². The number of hydrogen-bond acceptors (Lipinski definition) is 3. The van der Waals surface area contributed by atoms with Crippen molar-refractivity contribution in [3.05, 3.63) is 41.5 Å². The summed E-state index contributed by atoms with van der Waals surface area (Å²) >= 11 is 0. The zero-order valence-electron chi connectivity index (χ0n) is 10.1. The minimum atomic E-state index is -0.473. The summed E-state index contributed by atoms with van der Waals surface area (Å²) in [6.45, 7) is 1.71. The number of carbonyl (C=O) groups is 1. The number of rotatable bonds is 2. The highest BCUT2D eigenvalue weighted by atomic mass is 19.1. The van der Waals surface area contributed by atoms with E-state index in [1.54, 1.807) is 19.1 Å². The molecule has 6 heteroatoms. The van der Waals surface area contributed by atoms with Gasteiger partial charge in [0.15, 0.2) is 5.69 Å². The number of aromatic amines is 1. The number of para-hydroxylation sites is 1. The van der Waals surface area contributed by atoms with Crippen LogP contribution in [0.25, 0.3) is 0 Å². The maximum atomic E-state index is 13.6. The third-order valence-electron chi connectivity index (χ3n) is 2.72. The molecule has 0 aliphatic carbocycles. The summed E-state index contributed by atoms with van der Waals surface area (Å²) in [4.78, 5) is 13.3. The van der Waals surface area contributed by atoms with Gasteiger partial charge in [-0.05, 0) is 19.1 Å². The molecule has 2 rings (SSSR count). The second-order valence-corrected chi connectivity index (χ2v) is 3.93. The molecule has 1 aromatic carbocycles. The summed E-state index contributed by atoms with van der Waals surface area (Å²) in [7, 11) is 1.48. The smallest absolute Gasteiger partial charge is 0.280 e. The van der Waals surface area contributed by atoms with Crippen LogP contribution in [0, 0.1) is 12.7 Å². The summed E-state index contributed by atoms with van der Waals surface area (Å²) in [5.41, 5.74) is 6.89. The molecule has 5 nitrogen and oxygen atoms in total. The number of H-pyrrole nitrogens is 1. The lowest BCUT2D eigenvalue weighted by Crippen LogP contribution is -2.28. The number of halogens is 1. The third-order valence-corrected chi connectivity index (χ3v) is 2.72. The van der Waals surface area contributed by atoms with Gasteiger partial charge >= 0.3 is 0 Å². The van der Waals surface area contributed by atoms with Crippen molar-refractivity contribution in [2.75, 3.05) is 17.7 Å². The molecular formula is C12H13FN4O. The van der Waals surface area contributed by atoms with E-state index in [9.17, 15) is 9.18 Å². The van der Waals surface area contributed by atoms with Crippen LogP contribution in [0.1, 0.15) is 16.2 Å². The van der Waals surface area contributed by atoms with Gasteiger partial charge < -0.3 is 10.6 Å². The Labute approximate surface area is 103 Å². The molecule has 2 aromatic rings. The van der Waals surface area contributed by atoms with Crippen molar-refractivity contribution in [2.24, 2.45) is 0 Å². The minimum absolute atomic E-state index is 0.0956. The van der Waals surface area contributed by atoms with Crippen LogP contribution in [0.2, 0.25) is 0 Å². The Bertz CT molecular complexity index is 594. The van der Waals surface area contributed by atoms with Crippen molar-refractivity contribution in [2.45, 2.75) is 6.92 Å². The molecule has 3 N–H and O–H groups in total. The van der Waals surface area contributed by atoms with Gasteiger partial charge in [-0.2, -0.15) is 5.10 Å². The summed E-state index contributed by atoms with van der Waals surface area (Å²) in [5.74, 6) is -0.930. The SMILES string of the molecule is Cc1[nH]nc(C(=O)N(C)c2ccccc2F)c1N. The number of nitrogens with one attached hydrogen (secondary N) is 1. The predicted molar refractivity (Wildman–Crippen MR) is 66.9 cm³/mol. The van der Waals surface area contributed by atoms with E-state index in [4.69, 9.17) is 5.73 Å². The van der Waals surface area contributed by atoms with Crippen molar-refractivity contribution < 1.29 is 9.18 Å². The van der Waals surface area contributed by atoms with Crippen molar-refractivity contribution >= 4 is 17.3 Å². The van der Waals surface area contributed by atoms with Crippen LogP contribution >= 0.6 is 0 Å². The van der Waals surface area contributed by atoms with Gasteiger partial charge in [-0.25, -0.2) is 4.39 Å². The van der Waals surface area contributed by atoms with E-state index >= 15 is 0 Å². The van der Waals surface area contributed by atoms with Crippen LogP contribution in [0.5, 0.6) is 0 Å². The van der Waals surface area contributed by atoms with Gasteiger partial charge in [-0.3, -0.25) is 9.89 Å². The van der Waals surface area contributed by atoms with Gasteiger partial charge in [-0.1, -0.05) is 12.1 Å². The number of carbonyl (C=O) groups excluding carboxylic acids is 1. The van der Waals surface area contributed by atoms with Gasteiger partial charge in [0.2, 0.25) is 0 Å². The second kappa shape index (κ2) is 4.48. The van der Waals surface area contributed by atoms with Gasteiger partial charge in [0, 0.05) is 7.05 Å². The first-order valence-corrected chi connectivity index (χ1v) is 5.35. The van der Waals surface area contributed by atoms with E-state index in [1.165, 1.54) is 24.1 Å². The molecule has 1 aromatic heterocycles. The highest BCUT2D eigenvalue weighted by Crippen LogP contribution is 2.21. The number of benzene rings is 1. The Kier molecular flexibility index (Phi) is 3.01.